The average molecular weight is 466 g/mol. The first-order valence-electron chi connectivity index (χ1n) is 4.83. The molecule has 0 saturated heterocycles. The summed E-state index contributed by atoms with van der Waals surface area (Å²) in [4.78, 5) is 0. The lowest BCUT2D eigenvalue weighted by atomic mass is 10.4. The highest BCUT2D eigenvalue weighted by atomic mass is 127. The number of hydrogen-bond donors (Lipinski definition) is 0. The molecule has 0 bridgehead atoms. The molecule has 1 aromatic rings. The van der Waals surface area contributed by atoms with Crippen molar-refractivity contribution in [1.29, 1.82) is 0 Å². The number of benzene rings is 1. The SMILES string of the molecule is C=C([I+]c1ccc(F)cc1)C(F)(F)F.O=S(=O)([O-])C(F)(F)F. The Bertz CT molecular complexity index is 605. The Kier molecular flexibility index (Phi) is 7.28. The molecule has 0 fully saturated rings. The van der Waals surface area contributed by atoms with Crippen molar-refractivity contribution >= 4 is 10.1 Å². The van der Waals surface area contributed by atoms with Crippen LogP contribution in [0.25, 0.3) is 0 Å². The fraction of sp³-hybridized carbons (Fsp3) is 0.200. The summed E-state index contributed by atoms with van der Waals surface area (Å²) >= 11 is -1.32. The molecule has 1 rings (SSSR count). The Morgan fingerprint density at radius 1 is 1.05 bits per heavy atom. The number of rotatable bonds is 2. The van der Waals surface area contributed by atoms with Crippen molar-refractivity contribution in [3.63, 3.8) is 0 Å². The summed E-state index contributed by atoms with van der Waals surface area (Å²) in [6.45, 7) is 2.97. The van der Waals surface area contributed by atoms with Crippen molar-refractivity contribution < 1.29 is 64.9 Å². The normalized spacial score (nSPS) is 12.4. The maximum atomic E-state index is 12.4. The third-order valence-electron chi connectivity index (χ3n) is 1.62. The molecule has 0 heterocycles. The molecule has 0 radical (unpaired) electrons. The van der Waals surface area contributed by atoms with Gasteiger partial charge in [0.25, 0.3) is 3.58 Å². The summed E-state index contributed by atoms with van der Waals surface area (Å²) in [6.07, 6.45) is -4.33. The zero-order chi connectivity index (χ0) is 17.8. The maximum absolute atomic E-state index is 12.4. The lowest BCUT2D eigenvalue weighted by Gasteiger charge is -2.08. The van der Waals surface area contributed by atoms with Gasteiger partial charge < -0.3 is 4.55 Å². The van der Waals surface area contributed by atoms with Crippen LogP contribution in [0.4, 0.5) is 30.7 Å². The van der Waals surface area contributed by atoms with Gasteiger partial charge in [-0.05, 0) is 30.8 Å². The van der Waals surface area contributed by atoms with E-state index in [0.717, 1.165) is 12.1 Å². The first-order chi connectivity index (χ1) is 9.64. The minimum Gasteiger partial charge on any atom is -0.741 e. The summed E-state index contributed by atoms with van der Waals surface area (Å²) in [7, 11) is -6.09. The van der Waals surface area contributed by atoms with Crippen LogP contribution in [0.3, 0.4) is 0 Å². The van der Waals surface area contributed by atoms with Crippen LogP contribution in [0, 0.1) is 9.39 Å². The Morgan fingerprint density at radius 2 is 1.41 bits per heavy atom. The largest absolute Gasteiger partial charge is 0.741 e. The summed E-state index contributed by atoms with van der Waals surface area (Å²) < 4.78 is 107. The maximum Gasteiger partial charge on any atom is 0.485 e. The number of allylic oxidation sites excluding steroid dienone is 1. The van der Waals surface area contributed by atoms with Gasteiger partial charge in [-0.1, -0.05) is 0 Å². The molecule has 126 valence electrons. The molecule has 0 saturated carbocycles. The van der Waals surface area contributed by atoms with Gasteiger partial charge in [-0.2, -0.15) is 26.3 Å². The van der Waals surface area contributed by atoms with Crippen molar-refractivity contribution in [2.45, 2.75) is 11.7 Å². The van der Waals surface area contributed by atoms with Crippen LogP contribution in [-0.2, 0) is 10.1 Å². The van der Waals surface area contributed by atoms with E-state index in [1.807, 2.05) is 0 Å². The van der Waals surface area contributed by atoms with Gasteiger partial charge >= 0.3 is 32.9 Å². The molecule has 0 aliphatic heterocycles. The summed E-state index contributed by atoms with van der Waals surface area (Å²) in [5.74, 6) is -0.449. The molecule has 0 aliphatic rings. The quantitative estimate of drug-likeness (QED) is 0.271. The van der Waals surface area contributed by atoms with Crippen LogP contribution in [0.15, 0.2) is 34.4 Å². The molecular formula is C10H6F7IO3S. The van der Waals surface area contributed by atoms with Crippen molar-refractivity contribution in [3.8, 4) is 0 Å². The minimum absolute atomic E-state index is 0.449. The molecule has 0 amide bonds. The second kappa shape index (κ2) is 7.59. The zero-order valence-electron chi connectivity index (χ0n) is 10.2. The molecule has 3 nitrogen and oxygen atoms in total. The highest BCUT2D eigenvalue weighted by molar-refractivity contribution is 7.86. The first kappa shape index (κ1) is 21.1. The smallest absolute Gasteiger partial charge is 0.485 e. The lowest BCUT2D eigenvalue weighted by Crippen LogP contribution is -3.61. The van der Waals surface area contributed by atoms with Gasteiger partial charge in [0.2, 0.25) is 0 Å². The van der Waals surface area contributed by atoms with Crippen LogP contribution in [0.5, 0.6) is 0 Å². The molecule has 12 heteroatoms. The fourth-order valence-corrected chi connectivity index (χ4v) is 2.45. The molecule has 22 heavy (non-hydrogen) atoms. The topological polar surface area (TPSA) is 57.2 Å². The van der Waals surface area contributed by atoms with Gasteiger partial charge in [0.05, 0.1) is 0 Å². The van der Waals surface area contributed by atoms with Gasteiger partial charge in [-0.15, -0.1) is 0 Å². The van der Waals surface area contributed by atoms with Crippen LogP contribution in [0.1, 0.15) is 0 Å². The Hall–Kier alpha value is -0.890. The van der Waals surface area contributed by atoms with E-state index in [2.05, 4.69) is 6.58 Å². The van der Waals surface area contributed by atoms with E-state index in [9.17, 15) is 30.7 Å². The van der Waals surface area contributed by atoms with Crippen LogP contribution in [-0.4, -0.2) is 24.7 Å². The number of halogens is 8. The van der Waals surface area contributed by atoms with Crippen LogP contribution >= 0.6 is 0 Å². The van der Waals surface area contributed by atoms with Crippen molar-refractivity contribution in [1.82, 2.24) is 0 Å². The van der Waals surface area contributed by atoms with E-state index in [4.69, 9.17) is 13.0 Å². The third kappa shape index (κ3) is 7.93. The molecule has 0 aromatic heterocycles. The van der Waals surface area contributed by atoms with Gasteiger partial charge in [0.15, 0.2) is 13.7 Å². The molecule has 0 N–H and O–H groups in total. The highest BCUT2D eigenvalue weighted by Crippen LogP contribution is 2.20. The second-order valence-corrected chi connectivity index (χ2v) is 7.79. The highest BCUT2D eigenvalue weighted by Gasteiger charge is 2.43. The van der Waals surface area contributed by atoms with Crippen molar-refractivity contribution in [2.24, 2.45) is 0 Å². The van der Waals surface area contributed by atoms with Gasteiger partial charge in [0, 0.05) is 0 Å². The third-order valence-corrected chi connectivity index (χ3v) is 4.79. The Labute approximate surface area is 130 Å². The van der Waals surface area contributed by atoms with E-state index in [1.54, 1.807) is 0 Å². The Balaban J connectivity index is 0.000000472. The van der Waals surface area contributed by atoms with E-state index in [1.165, 1.54) is 12.1 Å². The van der Waals surface area contributed by atoms with E-state index >= 15 is 0 Å². The van der Waals surface area contributed by atoms with Crippen molar-refractivity contribution in [2.75, 3.05) is 0 Å². The van der Waals surface area contributed by atoms with Crippen molar-refractivity contribution in [3.05, 3.63) is 43.8 Å². The summed E-state index contributed by atoms with van der Waals surface area (Å²) in [6, 6.07) is 5.02. The monoisotopic (exact) mass is 466 g/mol. The van der Waals surface area contributed by atoms with E-state index in [-0.39, 0.29) is 0 Å². The van der Waals surface area contributed by atoms with E-state index < -0.39 is 52.4 Å². The fourth-order valence-electron chi connectivity index (χ4n) is 0.678. The predicted octanol–water partition coefficient (Wildman–Crippen LogP) is 0.212. The van der Waals surface area contributed by atoms with Gasteiger partial charge in [0.1, 0.15) is 5.82 Å². The van der Waals surface area contributed by atoms with Crippen LogP contribution < -0.4 is 21.2 Å². The molecule has 1 aromatic carbocycles. The first-order valence-corrected chi connectivity index (χ1v) is 8.40. The summed E-state index contributed by atoms with van der Waals surface area (Å²) in [5.41, 5.74) is -5.65. The molecule has 0 aliphatic carbocycles. The van der Waals surface area contributed by atoms with Gasteiger partial charge in [-0.3, -0.25) is 0 Å². The number of alkyl halides is 6. The average Bonchev–Trinajstić information content (AvgIpc) is 2.29. The molecule has 0 atom stereocenters. The predicted molar refractivity (Wildman–Crippen MR) is 56.0 cm³/mol. The minimum atomic E-state index is -6.09. The molecular weight excluding hydrogens is 460 g/mol. The summed E-state index contributed by atoms with van der Waals surface area (Å²) in [5, 5.41) is 0. The Morgan fingerprint density at radius 3 is 1.68 bits per heavy atom. The molecule has 0 unspecified atom stereocenters. The molecule has 0 spiro atoms. The van der Waals surface area contributed by atoms with Crippen LogP contribution in [0.2, 0.25) is 0 Å². The lowest BCUT2D eigenvalue weighted by molar-refractivity contribution is -0.597. The van der Waals surface area contributed by atoms with E-state index in [0.29, 0.717) is 3.57 Å². The second-order valence-electron chi connectivity index (χ2n) is 3.33. The standard InChI is InChI=1S/C9H6F4I.CHF3O3S/c1-6(9(11,12)13)14-8-4-2-7(10)3-5-8;2-1(3,4)8(5,6)7/h2-5H,1H2;(H,5,6,7)/q+1;/p-1. The zero-order valence-corrected chi connectivity index (χ0v) is 13.1. The number of hydrogen-bond acceptors (Lipinski definition) is 3. The van der Waals surface area contributed by atoms with Gasteiger partial charge in [-0.25, -0.2) is 12.8 Å².